The Bertz CT molecular complexity index is 118. The third kappa shape index (κ3) is 5.21. The summed E-state index contributed by atoms with van der Waals surface area (Å²) in [6.07, 6.45) is 0.586. The number of nitrogens with two attached hydrogens (primary N) is 1. The molecule has 0 fully saturated rings. The second kappa shape index (κ2) is 7.26. The second-order valence-corrected chi connectivity index (χ2v) is 3.35. The minimum Gasteiger partial charge on any atom is -0.389 e. The monoisotopic (exact) mass is 190 g/mol. The molecule has 13 heavy (non-hydrogen) atoms. The summed E-state index contributed by atoms with van der Waals surface area (Å²) in [6.45, 7) is 3.72. The third-order valence-corrected chi connectivity index (χ3v) is 2.22. The zero-order valence-corrected chi connectivity index (χ0v) is 8.86. The van der Waals surface area contributed by atoms with Crippen LogP contribution in [0.1, 0.15) is 13.3 Å². The average Bonchev–Trinajstić information content (AvgIpc) is 2.06. The van der Waals surface area contributed by atoms with Crippen molar-refractivity contribution in [2.45, 2.75) is 25.5 Å². The molecular formula is C9H22N2O2. The van der Waals surface area contributed by atoms with Gasteiger partial charge in [-0.2, -0.15) is 0 Å². The van der Waals surface area contributed by atoms with Crippen LogP contribution in [0, 0.1) is 0 Å². The summed E-state index contributed by atoms with van der Waals surface area (Å²) in [5, 5.41) is 9.45. The lowest BCUT2D eigenvalue weighted by atomic mass is 10.2. The molecule has 0 aromatic rings. The van der Waals surface area contributed by atoms with Gasteiger partial charge >= 0.3 is 0 Å². The molecule has 0 heterocycles. The fraction of sp³-hybridized carbons (Fsp3) is 1.00. The minimum absolute atomic E-state index is 0.353. The molecular weight excluding hydrogens is 168 g/mol. The maximum absolute atomic E-state index is 9.45. The molecule has 3 N–H and O–H groups in total. The normalized spacial score (nSPS) is 16.2. The van der Waals surface area contributed by atoms with Crippen LogP contribution in [-0.4, -0.2) is 56.0 Å². The van der Waals surface area contributed by atoms with Crippen LogP contribution in [0.4, 0.5) is 0 Å². The number of hydrogen-bond acceptors (Lipinski definition) is 4. The maximum atomic E-state index is 9.45. The summed E-state index contributed by atoms with van der Waals surface area (Å²) in [7, 11) is 3.56. The molecule has 2 unspecified atom stereocenters. The Morgan fingerprint density at radius 3 is 2.54 bits per heavy atom. The molecule has 0 amide bonds. The number of rotatable bonds is 7. The molecule has 0 spiro atoms. The molecule has 0 aliphatic heterocycles. The highest BCUT2D eigenvalue weighted by molar-refractivity contribution is 4.70. The van der Waals surface area contributed by atoms with Gasteiger partial charge in [0.05, 0.1) is 12.7 Å². The van der Waals surface area contributed by atoms with E-state index in [9.17, 15) is 5.11 Å². The number of likely N-dealkylation sites (N-methyl/N-ethyl adjacent to an activating group) is 1. The first-order valence-electron chi connectivity index (χ1n) is 4.73. The summed E-state index contributed by atoms with van der Waals surface area (Å²) in [5.74, 6) is 0. The molecule has 0 radical (unpaired) electrons. The van der Waals surface area contributed by atoms with Crippen molar-refractivity contribution in [1.82, 2.24) is 4.90 Å². The van der Waals surface area contributed by atoms with Crippen molar-refractivity contribution in [2.24, 2.45) is 5.73 Å². The summed E-state index contributed by atoms with van der Waals surface area (Å²) in [6, 6.07) is 0.353. The van der Waals surface area contributed by atoms with Crippen LogP contribution in [0.15, 0.2) is 0 Å². The highest BCUT2D eigenvalue weighted by atomic mass is 16.5. The van der Waals surface area contributed by atoms with Crippen LogP contribution in [0.5, 0.6) is 0 Å². The maximum Gasteiger partial charge on any atom is 0.0900 e. The Balaban J connectivity index is 3.75. The standard InChI is InChI=1S/C9H22N2O2/c1-4-8(5-10)11(2)6-9(12)7-13-3/h8-9,12H,4-7,10H2,1-3H3. The molecule has 0 aliphatic rings. The lowest BCUT2D eigenvalue weighted by Gasteiger charge is -2.27. The zero-order valence-electron chi connectivity index (χ0n) is 8.86. The molecule has 4 nitrogen and oxygen atoms in total. The first-order valence-corrected chi connectivity index (χ1v) is 4.73. The number of hydrogen-bond donors (Lipinski definition) is 2. The Labute approximate surface area is 80.7 Å². The molecule has 80 valence electrons. The molecule has 0 aliphatic carbocycles. The van der Waals surface area contributed by atoms with E-state index in [1.54, 1.807) is 7.11 Å². The van der Waals surface area contributed by atoms with Crippen LogP contribution in [0.2, 0.25) is 0 Å². The minimum atomic E-state index is -0.421. The molecule has 0 aromatic heterocycles. The van der Waals surface area contributed by atoms with Gasteiger partial charge in [0.25, 0.3) is 0 Å². The smallest absolute Gasteiger partial charge is 0.0900 e. The highest BCUT2D eigenvalue weighted by Crippen LogP contribution is 2.00. The summed E-state index contributed by atoms with van der Waals surface area (Å²) in [5.41, 5.74) is 5.58. The summed E-state index contributed by atoms with van der Waals surface area (Å²) in [4.78, 5) is 2.07. The van der Waals surface area contributed by atoms with Gasteiger partial charge in [0.1, 0.15) is 0 Å². The van der Waals surface area contributed by atoms with E-state index < -0.39 is 6.10 Å². The largest absolute Gasteiger partial charge is 0.389 e. The number of aliphatic hydroxyl groups is 1. The summed E-state index contributed by atoms with van der Waals surface area (Å²) < 4.78 is 4.84. The van der Waals surface area contributed by atoms with Gasteiger partial charge in [0.15, 0.2) is 0 Å². The van der Waals surface area contributed by atoms with Crippen LogP contribution in [0.25, 0.3) is 0 Å². The van der Waals surface area contributed by atoms with Crippen LogP contribution in [0.3, 0.4) is 0 Å². The van der Waals surface area contributed by atoms with Gasteiger partial charge in [0.2, 0.25) is 0 Å². The van der Waals surface area contributed by atoms with E-state index in [0.29, 0.717) is 25.7 Å². The molecule has 2 atom stereocenters. The van der Waals surface area contributed by atoms with Crippen molar-refractivity contribution < 1.29 is 9.84 Å². The topological polar surface area (TPSA) is 58.7 Å². The number of nitrogens with zero attached hydrogens (tertiary/aromatic N) is 1. The van der Waals surface area contributed by atoms with Crippen molar-refractivity contribution in [2.75, 3.05) is 33.9 Å². The molecule has 0 saturated carbocycles. The van der Waals surface area contributed by atoms with Gasteiger partial charge in [-0.15, -0.1) is 0 Å². The predicted molar refractivity (Wildman–Crippen MR) is 53.6 cm³/mol. The first kappa shape index (κ1) is 12.8. The van der Waals surface area contributed by atoms with Gasteiger partial charge in [0, 0.05) is 26.2 Å². The van der Waals surface area contributed by atoms with E-state index in [-0.39, 0.29) is 0 Å². The van der Waals surface area contributed by atoms with Crippen molar-refractivity contribution in [1.29, 1.82) is 0 Å². The van der Waals surface area contributed by atoms with Crippen molar-refractivity contribution >= 4 is 0 Å². The lowest BCUT2D eigenvalue weighted by Crippen LogP contribution is -2.42. The fourth-order valence-corrected chi connectivity index (χ4v) is 1.38. The van der Waals surface area contributed by atoms with Crippen molar-refractivity contribution in [3.8, 4) is 0 Å². The third-order valence-electron chi connectivity index (χ3n) is 2.22. The van der Waals surface area contributed by atoms with Gasteiger partial charge in [-0.3, -0.25) is 4.90 Å². The lowest BCUT2D eigenvalue weighted by molar-refractivity contribution is 0.0346. The number of aliphatic hydroxyl groups excluding tert-OH is 1. The predicted octanol–water partition coefficient (Wildman–Crippen LogP) is -0.337. The Morgan fingerprint density at radius 1 is 1.54 bits per heavy atom. The second-order valence-electron chi connectivity index (χ2n) is 3.35. The molecule has 0 saturated heterocycles. The molecule has 0 rings (SSSR count). The van der Waals surface area contributed by atoms with E-state index in [1.807, 2.05) is 7.05 Å². The van der Waals surface area contributed by atoms with Crippen LogP contribution < -0.4 is 5.73 Å². The van der Waals surface area contributed by atoms with Gasteiger partial charge in [-0.25, -0.2) is 0 Å². The molecule has 0 aromatic carbocycles. The quantitative estimate of drug-likeness (QED) is 0.577. The van der Waals surface area contributed by atoms with Crippen molar-refractivity contribution in [3.63, 3.8) is 0 Å². The Kier molecular flexibility index (Phi) is 7.17. The summed E-state index contributed by atoms with van der Waals surface area (Å²) >= 11 is 0. The van der Waals surface area contributed by atoms with Crippen LogP contribution >= 0.6 is 0 Å². The fourth-order valence-electron chi connectivity index (χ4n) is 1.38. The molecule has 4 heteroatoms. The SMILES string of the molecule is CCC(CN)N(C)CC(O)COC. The van der Waals surface area contributed by atoms with E-state index in [1.165, 1.54) is 0 Å². The average molecular weight is 190 g/mol. The zero-order chi connectivity index (χ0) is 10.3. The van der Waals surface area contributed by atoms with E-state index in [0.717, 1.165) is 6.42 Å². The van der Waals surface area contributed by atoms with Crippen molar-refractivity contribution in [3.05, 3.63) is 0 Å². The number of methoxy groups -OCH3 is 1. The van der Waals surface area contributed by atoms with Gasteiger partial charge in [-0.05, 0) is 13.5 Å². The van der Waals surface area contributed by atoms with E-state index in [4.69, 9.17) is 10.5 Å². The Morgan fingerprint density at radius 2 is 2.15 bits per heavy atom. The van der Waals surface area contributed by atoms with Gasteiger partial charge in [-0.1, -0.05) is 6.92 Å². The molecule has 0 bridgehead atoms. The van der Waals surface area contributed by atoms with Crippen LogP contribution in [-0.2, 0) is 4.74 Å². The Hall–Kier alpha value is -0.160. The van der Waals surface area contributed by atoms with E-state index in [2.05, 4.69) is 11.8 Å². The number of ether oxygens (including phenoxy) is 1. The van der Waals surface area contributed by atoms with E-state index >= 15 is 0 Å². The highest BCUT2D eigenvalue weighted by Gasteiger charge is 2.14. The first-order chi connectivity index (χ1) is 6.15. The van der Waals surface area contributed by atoms with Gasteiger partial charge < -0.3 is 15.6 Å².